The van der Waals surface area contributed by atoms with E-state index in [2.05, 4.69) is 14.6 Å². The summed E-state index contributed by atoms with van der Waals surface area (Å²) >= 11 is 0. The van der Waals surface area contributed by atoms with Crippen LogP contribution < -0.4 is 10.0 Å². The summed E-state index contributed by atoms with van der Waals surface area (Å²) in [5.74, 6) is 0.587. The van der Waals surface area contributed by atoms with Crippen LogP contribution in [0.15, 0.2) is 29.2 Å². The fourth-order valence-electron chi connectivity index (χ4n) is 5.44. The van der Waals surface area contributed by atoms with E-state index in [1.165, 1.54) is 32.1 Å². The highest BCUT2D eigenvalue weighted by Gasteiger charge is 2.31. The Balaban J connectivity index is 1.81. The van der Waals surface area contributed by atoms with E-state index >= 15 is 0 Å². The third-order valence-corrected chi connectivity index (χ3v) is 9.32. The van der Waals surface area contributed by atoms with Gasteiger partial charge in [-0.3, -0.25) is 4.79 Å². The lowest BCUT2D eigenvalue weighted by Crippen LogP contribution is -2.41. The number of carbonyl (C=O) groups excluding carboxylic acids is 1. The van der Waals surface area contributed by atoms with Gasteiger partial charge in [-0.1, -0.05) is 46.1 Å². The van der Waals surface area contributed by atoms with Crippen molar-refractivity contribution in [3.8, 4) is 11.3 Å². The second-order valence-corrected chi connectivity index (χ2v) is 14.9. The van der Waals surface area contributed by atoms with Crippen molar-refractivity contribution in [1.82, 2.24) is 14.6 Å². The van der Waals surface area contributed by atoms with Crippen molar-refractivity contribution in [2.75, 3.05) is 0 Å². The average Bonchev–Trinajstić information content (AvgIpc) is 3.54. The van der Waals surface area contributed by atoms with Gasteiger partial charge in [-0.2, -0.15) is 0 Å². The van der Waals surface area contributed by atoms with E-state index in [4.69, 9.17) is 0 Å². The first-order valence-corrected chi connectivity index (χ1v) is 15.3. The predicted octanol–water partition coefficient (Wildman–Crippen LogP) is 6.31. The normalized spacial score (nSPS) is 17.7. The van der Waals surface area contributed by atoms with Gasteiger partial charge < -0.3 is 9.88 Å². The fourth-order valence-corrected chi connectivity index (χ4v) is 7.25. The zero-order valence-electron chi connectivity index (χ0n) is 23.7. The van der Waals surface area contributed by atoms with Crippen LogP contribution in [-0.4, -0.2) is 30.5 Å². The number of rotatable bonds is 7. The molecule has 0 saturated heterocycles. The maximum Gasteiger partial charge on any atom is 0.253 e. The fraction of sp³-hybridized carbons (Fsp3) is 0.633. The van der Waals surface area contributed by atoms with Crippen LogP contribution in [0.25, 0.3) is 11.3 Å². The molecule has 2 saturated carbocycles. The summed E-state index contributed by atoms with van der Waals surface area (Å²) in [5.41, 5.74) is 3.45. The number of carbonyl (C=O) groups is 1. The number of sulfonamides is 1. The Bertz CT molecular complexity index is 1250. The number of hydrogen-bond donors (Lipinski definition) is 2. The lowest BCUT2D eigenvalue weighted by atomic mass is 9.85. The van der Waals surface area contributed by atoms with Crippen LogP contribution in [0.5, 0.6) is 0 Å². The highest BCUT2D eigenvalue weighted by Crippen LogP contribution is 2.36. The lowest BCUT2D eigenvalue weighted by molar-refractivity contribution is 0.0950. The van der Waals surface area contributed by atoms with Crippen LogP contribution in [0.4, 0.5) is 0 Å². The minimum Gasteiger partial charge on any atom is -0.349 e. The third-order valence-electron chi connectivity index (χ3n) is 7.50. The first-order chi connectivity index (χ1) is 17.2. The van der Waals surface area contributed by atoms with Crippen molar-refractivity contribution in [3.63, 3.8) is 0 Å². The smallest absolute Gasteiger partial charge is 0.253 e. The molecule has 4 rings (SSSR count). The van der Waals surface area contributed by atoms with E-state index in [-0.39, 0.29) is 11.3 Å². The van der Waals surface area contributed by atoms with E-state index in [1.807, 2.05) is 66.7 Å². The molecule has 0 atom stereocenters. The number of nitrogens with one attached hydrogen (secondary N) is 2. The number of benzene rings is 1. The zero-order chi connectivity index (χ0) is 27.2. The van der Waals surface area contributed by atoms with Crippen LogP contribution in [0.1, 0.15) is 108 Å². The highest BCUT2D eigenvalue weighted by molar-refractivity contribution is 7.89. The van der Waals surface area contributed by atoms with Crippen LogP contribution in [-0.2, 0) is 22.0 Å². The Morgan fingerprint density at radius 1 is 0.973 bits per heavy atom. The van der Waals surface area contributed by atoms with E-state index in [1.54, 1.807) is 6.07 Å². The summed E-state index contributed by atoms with van der Waals surface area (Å²) < 4.78 is 31.9. The monoisotopic (exact) mass is 527 g/mol. The standard InChI is InChI=1S/C30H45N3O3S/c1-20-24(28(34)31-23-14-15-23)18-26(33(20)19-21-11-9-8-10-12-21)22-13-16-27(25(17-22)29(2,3)4)37(35,36)32-30(5,6)7/h13,16-18,21,23,32H,8-12,14-15,19H2,1-7H3,(H,31,34). The Labute approximate surface area is 223 Å². The van der Waals surface area contributed by atoms with Crippen LogP contribution in [0.2, 0.25) is 0 Å². The van der Waals surface area contributed by atoms with E-state index in [0.717, 1.165) is 47.5 Å². The SMILES string of the molecule is Cc1c(C(=O)NC2CC2)cc(-c2ccc(S(=O)(=O)NC(C)(C)C)c(C(C)(C)C)c2)n1CC1CCCCC1. The second kappa shape index (κ2) is 10.2. The molecule has 1 amide bonds. The van der Waals surface area contributed by atoms with E-state index in [0.29, 0.717) is 16.9 Å². The zero-order valence-corrected chi connectivity index (χ0v) is 24.5. The molecule has 2 aliphatic rings. The topological polar surface area (TPSA) is 80.2 Å². The number of aromatic nitrogens is 1. The molecule has 1 aromatic heterocycles. The van der Waals surface area contributed by atoms with Gasteiger partial charge in [0.05, 0.1) is 10.5 Å². The van der Waals surface area contributed by atoms with Gasteiger partial charge in [0.15, 0.2) is 0 Å². The number of nitrogens with zero attached hydrogens (tertiary/aromatic N) is 1. The molecule has 2 fully saturated rings. The molecule has 2 aliphatic carbocycles. The van der Waals surface area contributed by atoms with Crippen molar-refractivity contribution < 1.29 is 13.2 Å². The quantitative estimate of drug-likeness (QED) is 0.443. The molecule has 0 bridgehead atoms. The van der Waals surface area contributed by atoms with Crippen molar-refractivity contribution >= 4 is 15.9 Å². The van der Waals surface area contributed by atoms with Gasteiger partial charge in [0.1, 0.15) is 0 Å². The van der Waals surface area contributed by atoms with E-state index < -0.39 is 15.6 Å². The molecule has 204 valence electrons. The Morgan fingerprint density at radius 2 is 1.62 bits per heavy atom. The van der Waals surface area contributed by atoms with Gasteiger partial charge >= 0.3 is 0 Å². The summed E-state index contributed by atoms with van der Waals surface area (Å²) in [4.78, 5) is 13.5. The molecule has 6 nitrogen and oxygen atoms in total. The highest BCUT2D eigenvalue weighted by atomic mass is 32.2. The molecule has 1 heterocycles. The summed E-state index contributed by atoms with van der Waals surface area (Å²) in [5, 5.41) is 3.15. The van der Waals surface area contributed by atoms with Gasteiger partial charge in [0.2, 0.25) is 10.0 Å². The molecule has 0 spiro atoms. The summed E-state index contributed by atoms with van der Waals surface area (Å²) in [6, 6.07) is 7.97. The Morgan fingerprint density at radius 3 is 2.19 bits per heavy atom. The molecule has 0 unspecified atom stereocenters. The number of amides is 1. The molecular weight excluding hydrogens is 482 g/mol. The minimum atomic E-state index is -3.71. The van der Waals surface area contributed by atoms with Crippen molar-refractivity contribution in [2.24, 2.45) is 5.92 Å². The van der Waals surface area contributed by atoms with Crippen LogP contribution in [0, 0.1) is 12.8 Å². The molecule has 37 heavy (non-hydrogen) atoms. The Hall–Kier alpha value is -2.12. The van der Waals surface area contributed by atoms with Gasteiger partial charge in [-0.25, -0.2) is 13.1 Å². The molecule has 0 radical (unpaired) electrons. The Kier molecular flexibility index (Phi) is 7.70. The second-order valence-electron chi connectivity index (χ2n) is 13.2. The lowest BCUT2D eigenvalue weighted by Gasteiger charge is -2.27. The van der Waals surface area contributed by atoms with Gasteiger partial charge in [0, 0.05) is 29.5 Å². The molecule has 0 aliphatic heterocycles. The first-order valence-electron chi connectivity index (χ1n) is 13.9. The van der Waals surface area contributed by atoms with Gasteiger partial charge in [-0.05, 0) is 94.0 Å². The maximum atomic E-state index is 13.4. The molecule has 2 aromatic rings. The van der Waals surface area contributed by atoms with Crippen LogP contribution >= 0.6 is 0 Å². The minimum absolute atomic E-state index is 0.00624. The average molecular weight is 528 g/mol. The third kappa shape index (κ3) is 6.66. The number of hydrogen-bond acceptors (Lipinski definition) is 3. The summed E-state index contributed by atoms with van der Waals surface area (Å²) in [6.45, 7) is 14.6. The molecular formula is C30H45N3O3S. The van der Waals surface area contributed by atoms with Crippen molar-refractivity contribution in [1.29, 1.82) is 0 Å². The van der Waals surface area contributed by atoms with Crippen molar-refractivity contribution in [3.05, 3.63) is 41.1 Å². The first kappa shape index (κ1) is 27.9. The largest absolute Gasteiger partial charge is 0.349 e. The van der Waals surface area contributed by atoms with Gasteiger partial charge in [0.25, 0.3) is 5.91 Å². The molecule has 2 N–H and O–H groups in total. The van der Waals surface area contributed by atoms with Crippen molar-refractivity contribution in [2.45, 2.75) is 122 Å². The predicted molar refractivity (Wildman–Crippen MR) is 150 cm³/mol. The summed E-state index contributed by atoms with van der Waals surface area (Å²) in [6.07, 6.45) is 8.35. The van der Waals surface area contributed by atoms with Gasteiger partial charge in [-0.15, -0.1) is 0 Å². The van der Waals surface area contributed by atoms with Crippen LogP contribution in [0.3, 0.4) is 0 Å². The van der Waals surface area contributed by atoms with E-state index in [9.17, 15) is 13.2 Å². The molecule has 1 aromatic carbocycles. The maximum absolute atomic E-state index is 13.4. The summed E-state index contributed by atoms with van der Waals surface area (Å²) in [7, 11) is -3.71. The molecule has 7 heteroatoms.